The van der Waals surface area contributed by atoms with E-state index in [2.05, 4.69) is 15.6 Å². The average Bonchev–Trinajstić information content (AvgIpc) is 2.78. The van der Waals surface area contributed by atoms with Gasteiger partial charge in [-0.3, -0.25) is 9.59 Å². The van der Waals surface area contributed by atoms with Crippen molar-refractivity contribution in [2.75, 3.05) is 6.54 Å². The number of aromatic nitrogens is 1. The van der Waals surface area contributed by atoms with E-state index < -0.39 is 0 Å². The number of fused-ring (bicyclic) bond motifs is 1. The standard InChI is InChI=1S/C15H19N3O2/c1-9(2)17-14(19)8-16-15(20)13-7-11-5-4-10(3)6-12(11)18-13/h4-7,9,18H,8H2,1-3H3,(H,16,20)(H,17,19). The van der Waals surface area contributed by atoms with E-state index in [1.54, 1.807) is 6.07 Å². The van der Waals surface area contributed by atoms with Gasteiger partial charge in [-0.05, 0) is 38.5 Å². The normalized spacial score (nSPS) is 10.8. The predicted octanol–water partition coefficient (Wildman–Crippen LogP) is 1.73. The first kappa shape index (κ1) is 14.1. The summed E-state index contributed by atoms with van der Waals surface area (Å²) in [5.74, 6) is -0.474. The largest absolute Gasteiger partial charge is 0.352 e. The molecule has 0 unspecified atom stereocenters. The summed E-state index contributed by atoms with van der Waals surface area (Å²) >= 11 is 0. The third-order valence-electron chi connectivity index (χ3n) is 2.88. The smallest absolute Gasteiger partial charge is 0.268 e. The van der Waals surface area contributed by atoms with E-state index in [9.17, 15) is 9.59 Å². The fourth-order valence-electron chi connectivity index (χ4n) is 1.99. The number of aromatic amines is 1. The number of rotatable bonds is 4. The van der Waals surface area contributed by atoms with Crippen LogP contribution in [0.2, 0.25) is 0 Å². The SMILES string of the molecule is Cc1ccc2cc(C(=O)NCC(=O)NC(C)C)[nH]c2c1. The van der Waals surface area contributed by atoms with E-state index in [4.69, 9.17) is 0 Å². The number of amides is 2. The molecule has 2 rings (SSSR count). The Kier molecular flexibility index (Phi) is 4.08. The molecule has 2 aromatic rings. The lowest BCUT2D eigenvalue weighted by molar-refractivity contribution is -0.120. The van der Waals surface area contributed by atoms with Gasteiger partial charge in [-0.2, -0.15) is 0 Å². The first-order chi connectivity index (χ1) is 9.45. The van der Waals surface area contributed by atoms with Gasteiger partial charge in [-0.25, -0.2) is 0 Å². The van der Waals surface area contributed by atoms with E-state index in [0.717, 1.165) is 16.5 Å². The van der Waals surface area contributed by atoms with Gasteiger partial charge in [0.25, 0.3) is 5.91 Å². The summed E-state index contributed by atoms with van der Waals surface area (Å²) in [6.45, 7) is 5.72. The second kappa shape index (κ2) is 5.77. The van der Waals surface area contributed by atoms with Crippen molar-refractivity contribution < 1.29 is 9.59 Å². The zero-order chi connectivity index (χ0) is 14.7. The van der Waals surface area contributed by atoms with Crippen molar-refractivity contribution in [3.05, 3.63) is 35.5 Å². The maximum Gasteiger partial charge on any atom is 0.268 e. The summed E-state index contributed by atoms with van der Waals surface area (Å²) in [7, 11) is 0. The lowest BCUT2D eigenvalue weighted by atomic mass is 10.2. The van der Waals surface area contributed by atoms with Crippen LogP contribution in [0.5, 0.6) is 0 Å². The molecule has 3 N–H and O–H groups in total. The van der Waals surface area contributed by atoms with E-state index in [1.165, 1.54) is 0 Å². The van der Waals surface area contributed by atoms with Crippen LogP contribution in [0.15, 0.2) is 24.3 Å². The van der Waals surface area contributed by atoms with Gasteiger partial charge in [-0.15, -0.1) is 0 Å². The van der Waals surface area contributed by atoms with Crippen LogP contribution in [0, 0.1) is 6.92 Å². The predicted molar refractivity (Wildman–Crippen MR) is 78.6 cm³/mol. The van der Waals surface area contributed by atoms with Crippen LogP contribution in [0.1, 0.15) is 29.9 Å². The van der Waals surface area contributed by atoms with E-state index in [-0.39, 0.29) is 24.4 Å². The average molecular weight is 273 g/mol. The van der Waals surface area contributed by atoms with Gasteiger partial charge < -0.3 is 15.6 Å². The van der Waals surface area contributed by atoms with Crippen molar-refractivity contribution in [3.8, 4) is 0 Å². The molecule has 0 atom stereocenters. The Morgan fingerprint density at radius 2 is 2.00 bits per heavy atom. The summed E-state index contributed by atoms with van der Waals surface area (Å²) in [5.41, 5.74) is 2.51. The highest BCUT2D eigenvalue weighted by molar-refractivity contribution is 5.99. The van der Waals surface area contributed by atoms with Crippen molar-refractivity contribution in [2.24, 2.45) is 0 Å². The highest BCUT2D eigenvalue weighted by atomic mass is 16.2. The van der Waals surface area contributed by atoms with Crippen LogP contribution >= 0.6 is 0 Å². The molecule has 2 amide bonds. The highest BCUT2D eigenvalue weighted by Crippen LogP contribution is 2.16. The molecule has 20 heavy (non-hydrogen) atoms. The maximum atomic E-state index is 12.0. The van der Waals surface area contributed by atoms with Crippen LogP contribution in [0.4, 0.5) is 0 Å². The third-order valence-corrected chi connectivity index (χ3v) is 2.88. The molecule has 1 aromatic carbocycles. The van der Waals surface area contributed by atoms with Crippen molar-refractivity contribution >= 4 is 22.7 Å². The van der Waals surface area contributed by atoms with Gasteiger partial charge >= 0.3 is 0 Å². The monoisotopic (exact) mass is 273 g/mol. The van der Waals surface area contributed by atoms with Crippen molar-refractivity contribution in [1.82, 2.24) is 15.6 Å². The van der Waals surface area contributed by atoms with Crippen LogP contribution in [-0.4, -0.2) is 29.4 Å². The molecule has 0 bridgehead atoms. The van der Waals surface area contributed by atoms with E-state index in [1.807, 2.05) is 39.0 Å². The number of carbonyl (C=O) groups is 2. The highest BCUT2D eigenvalue weighted by Gasteiger charge is 2.11. The first-order valence-corrected chi connectivity index (χ1v) is 6.62. The minimum atomic E-state index is -0.280. The molecule has 0 saturated heterocycles. The molecule has 0 aliphatic carbocycles. The lowest BCUT2D eigenvalue weighted by Crippen LogP contribution is -2.39. The van der Waals surface area contributed by atoms with Gasteiger partial charge in [-0.1, -0.05) is 12.1 Å². The molecule has 0 saturated carbocycles. The molecule has 0 spiro atoms. The Balaban J connectivity index is 2.02. The second-order valence-electron chi connectivity index (χ2n) is 5.18. The molecule has 0 aliphatic rings. The number of nitrogens with one attached hydrogen (secondary N) is 3. The summed E-state index contributed by atoms with van der Waals surface area (Å²) in [6, 6.07) is 7.79. The molecule has 0 aliphatic heterocycles. The summed E-state index contributed by atoms with van der Waals surface area (Å²) < 4.78 is 0. The Bertz CT molecular complexity index is 644. The number of benzene rings is 1. The fourth-order valence-corrected chi connectivity index (χ4v) is 1.99. The molecular formula is C15H19N3O2. The van der Waals surface area contributed by atoms with E-state index in [0.29, 0.717) is 5.69 Å². The number of aryl methyl sites for hydroxylation is 1. The van der Waals surface area contributed by atoms with Crippen LogP contribution < -0.4 is 10.6 Å². The molecule has 106 valence electrons. The Hall–Kier alpha value is -2.30. The van der Waals surface area contributed by atoms with Crippen LogP contribution in [0.25, 0.3) is 10.9 Å². The topological polar surface area (TPSA) is 74.0 Å². The molecule has 5 heteroatoms. The molecule has 1 heterocycles. The van der Waals surface area contributed by atoms with Crippen molar-refractivity contribution in [3.63, 3.8) is 0 Å². The Labute approximate surface area is 117 Å². The number of H-pyrrole nitrogens is 1. The number of hydrogen-bond donors (Lipinski definition) is 3. The maximum absolute atomic E-state index is 12.0. The zero-order valence-corrected chi connectivity index (χ0v) is 11.9. The first-order valence-electron chi connectivity index (χ1n) is 6.62. The van der Waals surface area contributed by atoms with Gasteiger partial charge in [0.05, 0.1) is 6.54 Å². The Morgan fingerprint density at radius 1 is 1.25 bits per heavy atom. The quantitative estimate of drug-likeness (QED) is 0.793. The molecule has 1 aromatic heterocycles. The zero-order valence-electron chi connectivity index (χ0n) is 11.9. The summed E-state index contributed by atoms with van der Waals surface area (Å²) in [4.78, 5) is 26.5. The number of hydrogen-bond acceptors (Lipinski definition) is 2. The van der Waals surface area contributed by atoms with Crippen molar-refractivity contribution in [2.45, 2.75) is 26.8 Å². The third kappa shape index (κ3) is 3.38. The Morgan fingerprint density at radius 3 is 2.70 bits per heavy atom. The second-order valence-corrected chi connectivity index (χ2v) is 5.18. The molecule has 5 nitrogen and oxygen atoms in total. The van der Waals surface area contributed by atoms with Gasteiger partial charge in [0.1, 0.15) is 5.69 Å². The molecule has 0 fully saturated rings. The van der Waals surface area contributed by atoms with E-state index >= 15 is 0 Å². The minimum absolute atomic E-state index is 0.0224. The van der Waals surface area contributed by atoms with Crippen molar-refractivity contribution in [1.29, 1.82) is 0 Å². The van der Waals surface area contributed by atoms with Crippen LogP contribution in [0.3, 0.4) is 0 Å². The van der Waals surface area contributed by atoms with Gasteiger partial charge in [0.2, 0.25) is 5.91 Å². The molecule has 0 radical (unpaired) electrons. The van der Waals surface area contributed by atoms with Gasteiger partial charge in [0.15, 0.2) is 0 Å². The number of carbonyl (C=O) groups excluding carboxylic acids is 2. The van der Waals surface area contributed by atoms with Crippen LogP contribution in [-0.2, 0) is 4.79 Å². The minimum Gasteiger partial charge on any atom is -0.352 e. The summed E-state index contributed by atoms with van der Waals surface area (Å²) in [6.07, 6.45) is 0. The lowest BCUT2D eigenvalue weighted by Gasteiger charge is -2.08. The summed E-state index contributed by atoms with van der Waals surface area (Å²) in [5, 5.41) is 6.30. The fraction of sp³-hybridized carbons (Fsp3) is 0.333. The van der Waals surface area contributed by atoms with Gasteiger partial charge in [0, 0.05) is 16.9 Å². The molecular weight excluding hydrogens is 254 g/mol.